The number of methoxy groups -OCH3 is 2. The molecule has 0 saturated carbocycles. The second kappa shape index (κ2) is 8.28. The van der Waals surface area contributed by atoms with Gasteiger partial charge in [-0.2, -0.15) is 5.10 Å². The van der Waals surface area contributed by atoms with Crippen LogP contribution in [0.3, 0.4) is 0 Å². The Balaban J connectivity index is 1.70. The minimum atomic E-state index is -0.428. The molecule has 3 rings (SSSR count). The largest absolute Gasteiger partial charge is 0.493 e. The van der Waals surface area contributed by atoms with E-state index < -0.39 is 4.92 Å². The summed E-state index contributed by atoms with van der Waals surface area (Å²) < 4.78 is 10.5. The quantitative estimate of drug-likeness (QED) is 0.373. The molecule has 3 aromatic rings. The van der Waals surface area contributed by atoms with Crippen LogP contribution in [0.15, 0.2) is 52.9 Å². The smallest absolute Gasteiger partial charge is 0.270 e. The van der Waals surface area contributed by atoms with Gasteiger partial charge in [0.25, 0.3) is 5.69 Å². The van der Waals surface area contributed by atoms with Crippen LogP contribution < -0.4 is 14.9 Å². The summed E-state index contributed by atoms with van der Waals surface area (Å²) in [7, 11) is 3.15. The molecule has 0 amide bonds. The van der Waals surface area contributed by atoms with Crippen molar-refractivity contribution in [1.82, 2.24) is 4.98 Å². The molecule has 1 N–H and O–H groups in total. The molecular weight excluding hydrogens is 368 g/mol. The molecule has 0 radical (unpaired) electrons. The van der Waals surface area contributed by atoms with E-state index in [1.54, 1.807) is 44.7 Å². The maximum atomic E-state index is 10.9. The van der Waals surface area contributed by atoms with Crippen molar-refractivity contribution in [2.45, 2.75) is 0 Å². The second-order valence-electron chi connectivity index (χ2n) is 5.33. The van der Waals surface area contributed by atoms with Crippen molar-refractivity contribution in [2.75, 3.05) is 19.6 Å². The SMILES string of the molecule is COc1ccc(C=NNc2nc(-c3cccc([N+](=O)[O-])c3)cs2)cc1OC. The summed E-state index contributed by atoms with van der Waals surface area (Å²) in [4.78, 5) is 14.9. The highest BCUT2D eigenvalue weighted by atomic mass is 32.1. The Labute approximate surface area is 159 Å². The van der Waals surface area contributed by atoms with Gasteiger partial charge < -0.3 is 9.47 Å². The first-order valence-corrected chi connectivity index (χ1v) is 8.70. The lowest BCUT2D eigenvalue weighted by Gasteiger charge is -2.07. The lowest BCUT2D eigenvalue weighted by atomic mass is 10.1. The summed E-state index contributed by atoms with van der Waals surface area (Å²) in [5, 5.41) is 17.4. The van der Waals surface area contributed by atoms with Gasteiger partial charge in [0, 0.05) is 23.1 Å². The highest BCUT2D eigenvalue weighted by molar-refractivity contribution is 7.14. The summed E-state index contributed by atoms with van der Waals surface area (Å²) >= 11 is 1.36. The number of rotatable bonds is 7. The van der Waals surface area contributed by atoms with E-state index in [2.05, 4.69) is 15.5 Å². The molecule has 0 fully saturated rings. The van der Waals surface area contributed by atoms with Crippen molar-refractivity contribution >= 4 is 28.4 Å². The van der Waals surface area contributed by atoms with Crippen LogP contribution in [0.4, 0.5) is 10.8 Å². The van der Waals surface area contributed by atoms with Crippen molar-refractivity contribution in [2.24, 2.45) is 5.10 Å². The zero-order valence-corrected chi connectivity index (χ0v) is 15.4. The van der Waals surface area contributed by atoms with Crippen LogP contribution >= 0.6 is 11.3 Å². The number of hydrogen-bond donors (Lipinski definition) is 1. The van der Waals surface area contributed by atoms with Gasteiger partial charge in [-0.3, -0.25) is 15.5 Å². The van der Waals surface area contributed by atoms with E-state index in [1.165, 1.54) is 23.5 Å². The number of anilines is 1. The van der Waals surface area contributed by atoms with Crippen molar-refractivity contribution in [3.8, 4) is 22.8 Å². The fourth-order valence-corrected chi connectivity index (χ4v) is 3.00. The van der Waals surface area contributed by atoms with E-state index in [1.807, 2.05) is 11.4 Å². The summed E-state index contributed by atoms with van der Waals surface area (Å²) in [5.41, 5.74) is 5.04. The molecule has 0 aliphatic rings. The Kier molecular flexibility index (Phi) is 5.62. The number of benzene rings is 2. The van der Waals surface area contributed by atoms with Gasteiger partial charge in [0.15, 0.2) is 11.5 Å². The molecule has 0 spiro atoms. The van der Waals surface area contributed by atoms with Crippen LogP contribution in [0, 0.1) is 10.1 Å². The molecule has 0 unspecified atom stereocenters. The summed E-state index contributed by atoms with van der Waals surface area (Å²) in [6.07, 6.45) is 1.64. The van der Waals surface area contributed by atoms with Crippen molar-refractivity contribution in [1.29, 1.82) is 0 Å². The molecule has 138 valence electrons. The van der Waals surface area contributed by atoms with Crippen molar-refractivity contribution in [3.05, 3.63) is 63.5 Å². The lowest BCUT2D eigenvalue weighted by Crippen LogP contribution is -1.94. The average molecular weight is 384 g/mol. The van der Waals surface area contributed by atoms with E-state index >= 15 is 0 Å². The van der Waals surface area contributed by atoms with Gasteiger partial charge in [-0.1, -0.05) is 12.1 Å². The number of nitrogens with one attached hydrogen (secondary N) is 1. The summed E-state index contributed by atoms with van der Waals surface area (Å²) in [6.45, 7) is 0. The zero-order valence-electron chi connectivity index (χ0n) is 14.6. The highest BCUT2D eigenvalue weighted by Gasteiger charge is 2.10. The van der Waals surface area contributed by atoms with E-state index in [0.717, 1.165) is 5.56 Å². The Morgan fingerprint density at radius 3 is 2.74 bits per heavy atom. The number of thiazole rings is 1. The molecule has 27 heavy (non-hydrogen) atoms. The van der Waals surface area contributed by atoms with E-state index in [0.29, 0.717) is 27.9 Å². The number of nitro benzene ring substituents is 1. The van der Waals surface area contributed by atoms with E-state index in [9.17, 15) is 10.1 Å². The Bertz CT molecular complexity index is 987. The molecular formula is C18H16N4O4S. The standard InChI is InChI=1S/C18H16N4O4S/c1-25-16-7-6-12(8-17(16)26-2)10-19-21-18-20-15(11-27-18)13-4-3-5-14(9-13)22(23)24/h3-11H,1-2H3,(H,20,21). The van der Waals surface area contributed by atoms with Gasteiger partial charge in [0.2, 0.25) is 5.13 Å². The Hall–Kier alpha value is -3.46. The monoisotopic (exact) mass is 384 g/mol. The van der Waals surface area contributed by atoms with Crippen LogP contribution in [-0.4, -0.2) is 30.3 Å². The normalized spacial score (nSPS) is 10.7. The molecule has 8 nitrogen and oxygen atoms in total. The number of non-ortho nitro benzene ring substituents is 1. The molecule has 0 atom stereocenters. The highest BCUT2D eigenvalue weighted by Crippen LogP contribution is 2.28. The van der Waals surface area contributed by atoms with Gasteiger partial charge in [0.1, 0.15) is 0 Å². The molecule has 1 aromatic heterocycles. The van der Waals surface area contributed by atoms with Gasteiger partial charge in [-0.25, -0.2) is 4.98 Å². The van der Waals surface area contributed by atoms with Crippen LogP contribution in [-0.2, 0) is 0 Å². The first-order chi connectivity index (χ1) is 13.1. The number of hydrazone groups is 1. The molecule has 1 heterocycles. The average Bonchev–Trinajstić information content (AvgIpc) is 3.17. The fraction of sp³-hybridized carbons (Fsp3) is 0.111. The fourth-order valence-electron chi connectivity index (χ4n) is 2.33. The minimum Gasteiger partial charge on any atom is -0.493 e. The number of nitro groups is 1. The number of nitrogens with zero attached hydrogens (tertiary/aromatic N) is 3. The number of ether oxygens (including phenoxy) is 2. The van der Waals surface area contributed by atoms with Crippen LogP contribution in [0.25, 0.3) is 11.3 Å². The molecule has 0 bridgehead atoms. The van der Waals surface area contributed by atoms with Gasteiger partial charge >= 0.3 is 0 Å². The third-order valence-electron chi connectivity index (χ3n) is 3.64. The first kappa shape index (κ1) is 18.3. The number of aromatic nitrogens is 1. The molecule has 2 aromatic carbocycles. The Morgan fingerprint density at radius 2 is 2.00 bits per heavy atom. The molecule has 0 aliphatic heterocycles. The topological polar surface area (TPSA) is 98.9 Å². The maximum absolute atomic E-state index is 10.9. The van der Waals surface area contributed by atoms with Crippen molar-refractivity contribution in [3.63, 3.8) is 0 Å². The molecule has 0 saturated heterocycles. The predicted octanol–water partition coefficient (Wildman–Crippen LogP) is 4.18. The summed E-state index contributed by atoms with van der Waals surface area (Å²) in [6, 6.07) is 11.8. The van der Waals surface area contributed by atoms with Gasteiger partial charge in [-0.15, -0.1) is 11.3 Å². The van der Waals surface area contributed by atoms with Gasteiger partial charge in [0.05, 0.1) is 31.1 Å². The molecule has 0 aliphatic carbocycles. The van der Waals surface area contributed by atoms with Crippen LogP contribution in [0.2, 0.25) is 0 Å². The summed E-state index contributed by atoms with van der Waals surface area (Å²) in [5.74, 6) is 1.26. The zero-order chi connectivity index (χ0) is 19.2. The van der Waals surface area contributed by atoms with Crippen LogP contribution in [0.1, 0.15) is 5.56 Å². The van der Waals surface area contributed by atoms with Gasteiger partial charge in [-0.05, 0) is 23.8 Å². The maximum Gasteiger partial charge on any atom is 0.270 e. The lowest BCUT2D eigenvalue weighted by molar-refractivity contribution is -0.384. The third kappa shape index (κ3) is 4.39. The number of hydrogen-bond acceptors (Lipinski definition) is 8. The van der Waals surface area contributed by atoms with E-state index in [4.69, 9.17) is 9.47 Å². The first-order valence-electron chi connectivity index (χ1n) is 7.82. The molecule has 9 heteroatoms. The second-order valence-corrected chi connectivity index (χ2v) is 6.19. The predicted molar refractivity (Wildman–Crippen MR) is 105 cm³/mol. The van der Waals surface area contributed by atoms with Crippen molar-refractivity contribution < 1.29 is 14.4 Å². The van der Waals surface area contributed by atoms with E-state index in [-0.39, 0.29) is 5.69 Å². The Morgan fingerprint density at radius 1 is 1.19 bits per heavy atom. The minimum absolute atomic E-state index is 0.0292. The third-order valence-corrected chi connectivity index (χ3v) is 4.39. The van der Waals surface area contributed by atoms with Crippen LogP contribution in [0.5, 0.6) is 11.5 Å².